The van der Waals surface area contributed by atoms with Gasteiger partial charge in [0.05, 0.1) is 19.8 Å². The largest absolute Gasteiger partial charge is 0.635 e. The van der Waals surface area contributed by atoms with E-state index in [0.29, 0.717) is 6.61 Å². The molecule has 0 radical (unpaired) electrons. The van der Waals surface area contributed by atoms with E-state index in [9.17, 15) is 0 Å². The van der Waals surface area contributed by atoms with E-state index in [-0.39, 0.29) is 6.79 Å². The van der Waals surface area contributed by atoms with E-state index in [1.165, 1.54) is 0 Å². The molecule has 15 heavy (non-hydrogen) atoms. The summed E-state index contributed by atoms with van der Waals surface area (Å²) < 4.78 is 14.6. The van der Waals surface area contributed by atoms with E-state index >= 15 is 0 Å². The minimum absolute atomic E-state index is 0.0826. The summed E-state index contributed by atoms with van der Waals surface area (Å²) in [5.41, 5.74) is 0. The van der Waals surface area contributed by atoms with Crippen molar-refractivity contribution in [3.8, 4) is 0 Å². The first-order valence-electron chi connectivity index (χ1n) is 5.14. The fraction of sp³-hybridized carbons (Fsp3) is 1.00. The zero-order chi connectivity index (χ0) is 10.9. The smallest absolute Gasteiger partial charge is 0.402 e. The highest BCUT2D eigenvalue weighted by atomic mass is 16.7. The molecule has 0 unspecified atom stereocenters. The second-order valence-electron chi connectivity index (χ2n) is 3.33. The number of hydrogen-bond donors (Lipinski definition) is 2. The zero-order valence-corrected chi connectivity index (χ0v) is 8.80. The molecule has 1 fully saturated rings. The van der Waals surface area contributed by atoms with Crippen molar-refractivity contribution >= 4 is 7.32 Å². The van der Waals surface area contributed by atoms with Crippen molar-refractivity contribution in [3.05, 3.63) is 0 Å². The molecular formula is C8H18BNO5. The Labute approximate surface area is 89.9 Å². The SMILES string of the molecule is OB(O)OCOCCCN1CCOCC1. The van der Waals surface area contributed by atoms with Crippen molar-refractivity contribution in [1.82, 2.24) is 4.90 Å². The Balaban J connectivity index is 1.83. The molecule has 1 aliphatic rings. The highest BCUT2D eigenvalue weighted by Gasteiger charge is 2.09. The average molecular weight is 219 g/mol. The zero-order valence-electron chi connectivity index (χ0n) is 8.80. The fourth-order valence-electron chi connectivity index (χ4n) is 1.38. The van der Waals surface area contributed by atoms with Gasteiger partial charge in [-0.05, 0) is 6.42 Å². The number of rotatable bonds is 7. The summed E-state index contributed by atoms with van der Waals surface area (Å²) in [6.07, 6.45) is 0.908. The number of hydrogen-bond acceptors (Lipinski definition) is 6. The molecule has 2 N–H and O–H groups in total. The maximum absolute atomic E-state index is 8.34. The predicted molar refractivity (Wildman–Crippen MR) is 54.0 cm³/mol. The van der Waals surface area contributed by atoms with Gasteiger partial charge in [0.1, 0.15) is 6.79 Å². The fourth-order valence-corrected chi connectivity index (χ4v) is 1.38. The number of nitrogens with zero attached hydrogens (tertiary/aromatic N) is 1. The van der Waals surface area contributed by atoms with Crippen LogP contribution < -0.4 is 0 Å². The lowest BCUT2D eigenvalue weighted by Crippen LogP contribution is -2.37. The minimum Gasteiger partial charge on any atom is -0.402 e. The molecule has 0 aromatic carbocycles. The van der Waals surface area contributed by atoms with Crippen LogP contribution in [0.5, 0.6) is 0 Å². The van der Waals surface area contributed by atoms with Crippen molar-refractivity contribution in [2.24, 2.45) is 0 Å². The molecular weight excluding hydrogens is 201 g/mol. The molecule has 0 amide bonds. The van der Waals surface area contributed by atoms with E-state index in [0.717, 1.165) is 39.3 Å². The Morgan fingerprint density at radius 3 is 2.67 bits per heavy atom. The molecule has 1 heterocycles. The van der Waals surface area contributed by atoms with Gasteiger partial charge in [0.2, 0.25) is 0 Å². The average Bonchev–Trinajstić information content (AvgIpc) is 2.24. The van der Waals surface area contributed by atoms with Gasteiger partial charge in [-0.2, -0.15) is 0 Å². The summed E-state index contributed by atoms with van der Waals surface area (Å²) in [7, 11) is -1.75. The molecule has 0 spiro atoms. The summed E-state index contributed by atoms with van der Waals surface area (Å²) in [4.78, 5) is 2.31. The first-order valence-corrected chi connectivity index (χ1v) is 5.14. The third-order valence-electron chi connectivity index (χ3n) is 2.17. The first kappa shape index (κ1) is 12.9. The maximum atomic E-state index is 8.34. The third kappa shape index (κ3) is 6.83. The molecule has 6 nitrogen and oxygen atoms in total. The molecule has 1 aliphatic heterocycles. The topological polar surface area (TPSA) is 71.4 Å². The van der Waals surface area contributed by atoms with Gasteiger partial charge in [0, 0.05) is 19.6 Å². The van der Waals surface area contributed by atoms with Gasteiger partial charge in [-0.25, -0.2) is 0 Å². The van der Waals surface area contributed by atoms with Crippen molar-refractivity contribution in [2.75, 3.05) is 46.2 Å². The van der Waals surface area contributed by atoms with Crippen molar-refractivity contribution < 1.29 is 24.2 Å². The highest BCUT2D eigenvalue weighted by molar-refractivity contribution is 6.32. The van der Waals surface area contributed by atoms with Gasteiger partial charge in [0.25, 0.3) is 0 Å². The van der Waals surface area contributed by atoms with Crippen LogP contribution in [0.3, 0.4) is 0 Å². The first-order chi connectivity index (χ1) is 7.29. The summed E-state index contributed by atoms with van der Waals surface area (Å²) in [6.45, 7) is 5.02. The molecule has 0 aliphatic carbocycles. The van der Waals surface area contributed by atoms with Crippen molar-refractivity contribution in [1.29, 1.82) is 0 Å². The van der Waals surface area contributed by atoms with Crippen LogP contribution in [0.4, 0.5) is 0 Å². The van der Waals surface area contributed by atoms with Crippen LogP contribution >= 0.6 is 0 Å². The lowest BCUT2D eigenvalue weighted by atomic mass is 10.3. The van der Waals surface area contributed by atoms with Gasteiger partial charge >= 0.3 is 7.32 Å². The quantitative estimate of drug-likeness (QED) is 0.314. The Morgan fingerprint density at radius 1 is 1.27 bits per heavy atom. The molecule has 0 atom stereocenters. The normalized spacial score (nSPS) is 18.0. The standard InChI is InChI=1S/C8H18BNO5/c11-9(12)15-8-14-5-1-2-10-3-6-13-7-4-10/h11-12H,1-8H2. The molecule has 0 bridgehead atoms. The predicted octanol–water partition coefficient (Wildman–Crippen LogP) is -1.33. The van der Waals surface area contributed by atoms with E-state index < -0.39 is 7.32 Å². The third-order valence-corrected chi connectivity index (χ3v) is 2.17. The lowest BCUT2D eigenvalue weighted by Gasteiger charge is -2.26. The summed E-state index contributed by atoms with van der Waals surface area (Å²) in [5.74, 6) is 0. The van der Waals surface area contributed by atoms with Crippen LogP contribution in [-0.4, -0.2) is 68.5 Å². The second kappa shape index (κ2) is 8.03. The molecule has 0 aromatic rings. The maximum Gasteiger partial charge on any atom is 0.635 e. The molecule has 0 aromatic heterocycles. The summed E-state index contributed by atoms with van der Waals surface area (Å²) >= 11 is 0. The van der Waals surface area contributed by atoms with E-state index in [4.69, 9.17) is 19.5 Å². The number of ether oxygens (including phenoxy) is 2. The Kier molecular flexibility index (Phi) is 6.90. The highest BCUT2D eigenvalue weighted by Crippen LogP contribution is 1.98. The Hall–Kier alpha value is -0.175. The number of morpholine rings is 1. The Bertz CT molecular complexity index is 154. The monoisotopic (exact) mass is 219 g/mol. The van der Waals surface area contributed by atoms with Gasteiger partial charge in [0.15, 0.2) is 0 Å². The van der Waals surface area contributed by atoms with E-state index in [2.05, 4.69) is 9.55 Å². The van der Waals surface area contributed by atoms with E-state index in [1.807, 2.05) is 0 Å². The van der Waals surface area contributed by atoms with Crippen LogP contribution in [0.25, 0.3) is 0 Å². The van der Waals surface area contributed by atoms with Gasteiger partial charge < -0.3 is 24.2 Å². The molecule has 1 saturated heterocycles. The van der Waals surface area contributed by atoms with Crippen LogP contribution in [0.2, 0.25) is 0 Å². The summed E-state index contributed by atoms with van der Waals surface area (Å²) in [6, 6.07) is 0. The second-order valence-corrected chi connectivity index (χ2v) is 3.33. The summed E-state index contributed by atoms with van der Waals surface area (Å²) in [5, 5.41) is 16.7. The molecule has 7 heteroatoms. The van der Waals surface area contributed by atoms with Crippen LogP contribution in [0.15, 0.2) is 0 Å². The van der Waals surface area contributed by atoms with Crippen LogP contribution in [-0.2, 0) is 14.1 Å². The van der Waals surface area contributed by atoms with Gasteiger partial charge in [-0.3, -0.25) is 4.90 Å². The van der Waals surface area contributed by atoms with Crippen LogP contribution in [0, 0.1) is 0 Å². The molecule has 0 saturated carbocycles. The molecule has 88 valence electrons. The van der Waals surface area contributed by atoms with Gasteiger partial charge in [-0.1, -0.05) is 0 Å². The van der Waals surface area contributed by atoms with Gasteiger partial charge in [-0.15, -0.1) is 0 Å². The van der Waals surface area contributed by atoms with E-state index in [1.54, 1.807) is 0 Å². The lowest BCUT2D eigenvalue weighted by molar-refractivity contribution is -0.0175. The van der Waals surface area contributed by atoms with Crippen molar-refractivity contribution in [3.63, 3.8) is 0 Å². The van der Waals surface area contributed by atoms with Crippen LogP contribution in [0.1, 0.15) is 6.42 Å². The van der Waals surface area contributed by atoms with Crippen molar-refractivity contribution in [2.45, 2.75) is 6.42 Å². The Morgan fingerprint density at radius 2 is 2.00 bits per heavy atom. The molecule has 1 rings (SSSR count). The minimum atomic E-state index is -1.75.